The predicted octanol–water partition coefficient (Wildman–Crippen LogP) is 5.12. The summed E-state index contributed by atoms with van der Waals surface area (Å²) in [5.74, 6) is -2.31. The van der Waals surface area contributed by atoms with Crippen molar-refractivity contribution >= 4 is 18.0 Å². The molecule has 6 rings (SSSR count). The number of esters is 1. The summed E-state index contributed by atoms with van der Waals surface area (Å²) < 4.78 is 55.9. The maximum atomic E-state index is 14.3. The fourth-order valence-corrected chi connectivity index (χ4v) is 8.62. The number of carbonyl (C=O) groups excluding carboxylic acids is 2. The van der Waals surface area contributed by atoms with Crippen LogP contribution >= 0.6 is 0 Å². The van der Waals surface area contributed by atoms with Crippen molar-refractivity contribution in [1.29, 1.82) is 0 Å². The van der Waals surface area contributed by atoms with Gasteiger partial charge in [0.2, 0.25) is 5.72 Å². The minimum atomic E-state index is -5.01. The average Bonchev–Trinajstić information content (AvgIpc) is 3.26. The summed E-state index contributed by atoms with van der Waals surface area (Å²) in [7, 11) is 2.21. The molecule has 10 heteroatoms. The van der Waals surface area contributed by atoms with Crippen LogP contribution in [0.15, 0.2) is 71.5 Å². The molecule has 2 saturated heterocycles. The van der Waals surface area contributed by atoms with Gasteiger partial charge in [-0.15, -0.1) is 0 Å². The van der Waals surface area contributed by atoms with Crippen LogP contribution in [-0.4, -0.2) is 71.8 Å². The fourth-order valence-electron chi connectivity index (χ4n) is 8.62. The van der Waals surface area contributed by atoms with E-state index in [2.05, 4.69) is 18.9 Å². The molecule has 1 aromatic rings. The smallest absolute Gasteiger partial charge is 0.421 e. The highest BCUT2D eigenvalue weighted by Gasteiger charge is 2.72. The Hall–Kier alpha value is -3.37. The summed E-state index contributed by atoms with van der Waals surface area (Å²) >= 11 is 0. The molecule has 224 valence electrons. The Bertz CT molecular complexity index is 1420. The number of hydrogen-bond donors (Lipinski definition) is 2. The zero-order valence-corrected chi connectivity index (χ0v) is 23.7. The summed E-state index contributed by atoms with van der Waals surface area (Å²) in [6.07, 6.45) is 1.39. The Morgan fingerprint density at radius 3 is 2.67 bits per heavy atom. The van der Waals surface area contributed by atoms with Gasteiger partial charge in [0.05, 0.1) is 32.3 Å². The van der Waals surface area contributed by atoms with Crippen LogP contribution in [0.25, 0.3) is 6.08 Å². The van der Waals surface area contributed by atoms with Crippen LogP contribution in [0.2, 0.25) is 0 Å². The van der Waals surface area contributed by atoms with E-state index in [9.17, 15) is 27.9 Å². The number of benzene rings is 1. The first-order valence-electron chi connectivity index (χ1n) is 14.5. The highest BCUT2D eigenvalue weighted by molar-refractivity contribution is 6.00. The molecule has 7 atom stereocenters. The molecule has 1 amide bonds. The number of nitrogens with one attached hydrogen (secondary N) is 1. The lowest BCUT2D eigenvalue weighted by molar-refractivity contribution is -0.940. The maximum Gasteiger partial charge on any atom is 0.421 e. The number of carbonyl (C=O) groups is 2. The van der Waals surface area contributed by atoms with Gasteiger partial charge in [-0.05, 0) is 36.1 Å². The molecular formula is C32H36F3N2O5+. The van der Waals surface area contributed by atoms with Gasteiger partial charge in [0.1, 0.15) is 17.4 Å². The predicted molar refractivity (Wildman–Crippen MR) is 148 cm³/mol. The van der Waals surface area contributed by atoms with E-state index >= 15 is 0 Å². The number of ether oxygens (including phenoxy) is 2. The molecule has 3 unspecified atom stereocenters. The quantitative estimate of drug-likeness (QED) is 0.159. The molecule has 2 bridgehead atoms. The summed E-state index contributed by atoms with van der Waals surface area (Å²) in [4.78, 5) is 26.0. The third-order valence-corrected chi connectivity index (χ3v) is 10.2. The van der Waals surface area contributed by atoms with E-state index in [0.29, 0.717) is 12.0 Å². The van der Waals surface area contributed by atoms with Crippen LogP contribution in [0.1, 0.15) is 44.6 Å². The number of alkyl halides is 3. The molecule has 1 spiro atoms. The lowest BCUT2D eigenvalue weighted by atomic mass is 9.50. The third-order valence-electron chi connectivity index (χ3n) is 10.2. The van der Waals surface area contributed by atoms with E-state index in [-0.39, 0.29) is 29.4 Å². The fraction of sp³-hybridized carbons (Fsp3) is 0.500. The molecule has 2 heterocycles. The molecule has 7 nitrogen and oxygen atoms in total. The number of aliphatic hydroxyl groups is 1. The minimum Gasteiger partial charge on any atom is -0.508 e. The van der Waals surface area contributed by atoms with E-state index in [4.69, 9.17) is 9.47 Å². The zero-order chi connectivity index (χ0) is 30.1. The van der Waals surface area contributed by atoms with Gasteiger partial charge < -0.3 is 24.4 Å². The Morgan fingerprint density at radius 1 is 1.26 bits per heavy atom. The number of allylic oxidation sites excluding steroid dienone is 1. The summed E-state index contributed by atoms with van der Waals surface area (Å²) in [5.41, 5.74) is -2.46. The van der Waals surface area contributed by atoms with Crippen molar-refractivity contribution < 1.29 is 41.8 Å². The van der Waals surface area contributed by atoms with Crippen molar-refractivity contribution in [3.8, 4) is 0 Å². The van der Waals surface area contributed by atoms with Crippen molar-refractivity contribution in [2.45, 2.75) is 69.2 Å². The molecule has 1 aromatic carbocycles. The highest BCUT2D eigenvalue weighted by Crippen LogP contribution is 2.67. The number of likely N-dealkylation sites (N-methyl/N-ethyl adjacent to an activating group) is 1. The lowest BCUT2D eigenvalue weighted by Crippen LogP contribution is -2.69. The normalized spacial score (nSPS) is 37.0. The first-order valence-corrected chi connectivity index (χ1v) is 14.5. The van der Waals surface area contributed by atoms with Crippen LogP contribution in [-0.2, 0) is 19.1 Å². The summed E-state index contributed by atoms with van der Waals surface area (Å²) in [6, 6.07) is 7.89. The molecule has 2 aliphatic heterocycles. The van der Waals surface area contributed by atoms with Crippen molar-refractivity contribution in [3.05, 3.63) is 77.1 Å². The van der Waals surface area contributed by atoms with E-state index in [1.807, 2.05) is 6.08 Å². The van der Waals surface area contributed by atoms with Gasteiger partial charge in [-0.3, -0.25) is 9.59 Å². The zero-order valence-electron chi connectivity index (χ0n) is 23.7. The van der Waals surface area contributed by atoms with Crippen LogP contribution in [0, 0.1) is 11.3 Å². The van der Waals surface area contributed by atoms with Gasteiger partial charge >= 0.3 is 12.1 Å². The number of nitrogens with zero attached hydrogens (tertiary/aromatic N) is 1. The lowest BCUT2D eigenvalue weighted by Gasteiger charge is -2.61. The number of hydrogen-bond acceptors (Lipinski definition) is 5. The Morgan fingerprint density at radius 2 is 2.00 bits per heavy atom. The van der Waals surface area contributed by atoms with E-state index < -0.39 is 40.9 Å². The highest BCUT2D eigenvalue weighted by atomic mass is 19.4. The number of rotatable bonds is 6. The largest absolute Gasteiger partial charge is 0.508 e. The molecule has 1 saturated carbocycles. The number of halogens is 3. The molecule has 42 heavy (non-hydrogen) atoms. The Balaban J connectivity index is 1.46. The number of quaternary nitrogens is 1. The van der Waals surface area contributed by atoms with Gasteiger partial charge in [-0.1, -0.05) is 43.3 Å². The van der Waals surface area contributed by atoms with E-state index in [0.717, 1.165) is 67.9 Å². The van der Waals surface area contributed by atoms with Gasteiger partial charge in [0.25, 0.3) is 5.91 Å². The number of aliphatic hydroxyl groups excluding tert-OH is 1. The Labute approximate surface area is 242 Å². The van der Waals surface area contributed by atoms with Crippen LogP contribution in [0.5, 0.6) is 0 Å². The molecule has 5 aliphatic rings. The van der Waals surface area contributed by atoms with E-state index in [1.165, 1.54) is 12.1 Å². The third kappa shape index (κ3) is 4.25. The monoisotopic (exact) mass is 585 g/mol. The van der Waals surface area contributed by atoms with Crippen LogP contribution in [0.3, 0.4) is 0 Å². The second-order valence-corrected chi connectivity index (χ2v) is 12.5. The molecule has 0 radical (unpaired) electrons. The maximum absolute atomic E-state index is 14.3. The van der Waals surface area contributed by atoms with Gasteiger partial charge in [-0.25, -0.2) is 0 Å². The van der Waals surface area contributed by atoms with Crippen molar-refractivity contribution in [2.24, 2.45) is 11.3 Å². The van der Waals surface area contributed by atoms with Crippen molar-refractivity contribution in [1.82, 2.24) is 5.32 Å². The Kier molecular flexibility index (Phi) is 6.73. The number of amides is 1. The first kappa shape index (κ1) is 28.7. The van der Waals surface area contributed by atoms with Gasteiger partial charge in [0, 0.05) is 42.7 Å². The molecular weight excluding hydrogens is 549 g/mol. The minimum absolute atomic E-state index is 0.180. The summed E-state index contributed by atoms with van der Waals surface area (Å²) in [6.45, 7) is 6.71. The second kappa shape index (κ2) is 9.84. The summed E-state index contributed by atoms with van der Waals surface area (Å²) in [5, 5.41) is 13.9. The molecule has 2 N–H and O–H groups in total. The number of piperidine rings is 1. The first-order chi connectivity index (χ1) is 19.8. The van der Waals surface area contributed by atoms with Gasteiger partial charge in [-0.2, -0.15) is 13.2 Å². The van der Waals surface area contributed by atoms with Crippen molar-refractivity contribution in [2.75, 3.05) is 20.1 Å². The number of likely N-dealkylation sites (tertiary alicyclic amines) is 1. The molecule has 3 aliphatic carbocycles. The topological polar surface area (TPSA) is 84.9 Å². The standard InChI is InChI=1S/C32H35F3N2O5/c1-4-14-37(3)15-13-30-22-11-8-12-26(30)41-28-27(30)21(17-24(22)37)25(39)18-31(28,42-19(2)38)36-29(40)23(32(33,34)35)16-20-9-6-5-7-10-20/h4-7,9-10,16,18,22,24,26,28H,1,8,11-15,17H2,2-3H3,(H-,36,39,40)/p+1/t22-,24+,26-,28?,30+,31?,37?/m0/s1. The van der Waals surface area contributed by atoms with E-state index in [1.54, 1.807) is 18.2 Å². The molecule has 0 aromatic heterocycles. The average molecular weight is 586 g/mol. The van der Waals surface area contributed by atoms with Crippen LogP contribution < -0.4 is 5.32 Å². The SMILES string of the molecule is C=CC[N+]1(C)CC[C@@]23C4=C5C[C@@H]1[C@@H]2CCC[C@@H]3OC4C(NC(=O)C(=Cc1ccccc1)C(F)(F)F)(OC(C)=O)C=C5O. The van der Waals surface area contributed by atoms with Crippen LogP contribution in [0.4, 0.5) is 13.2 Å². The van der Waals surface area contributed by atoms with Crippen molar-refractivity contribution in [3.63, 3.8) is 0 Å². The van der Waals surface area contributed by atoms with Gasteiger partial charge in [0.15, 0.2) is 0 Å². The second-order valence-electron chi connectivity index (χ2n) is 12.5. The molecule has 3 fully saturated rings.